The van der Waals surface area contributed by atoms with Gasteiger partial charge in [0.2, 0.25) is 15.9 Å². The first-order chi connectivity index (χ1) is 15.6. The summed E-state index contributed by atoms with van der Waals surface area (Å²) in [5.41, 5.74) is 0.690. The van der Waals surface area contributed by atoms with Gasteiger partial charge in [-0.05, 0) is 36.4 Å². The molecule has 10 heteroatoms. The minimum atomic E-state index is -3.63. The van der Waals surface area contributed by atoms with Crippen LogP contribution in [0.5, 0.6) is 0 Å². The average molecular weight is 473 g/mol. The third-order valence-electron chi connectivity index (χ3n) is 4.94. The van der Waals surface area contributed by atoms with Crippen LogP contribution in [0.15, 0.2) is 62.6 Å². The van der Waals surface area contributed by atoms with Crippen LogP contribution in [0.2, 0.25) is 0 Å². The van der Waals surface area contributed by atoms with Crippen molar-refractivity contribution in [3.63, 3.8) is 0 Å². The number of sulfonamides is 1. The van der Waals surface area contributed by atoms with Crippen LogP contribution < -0.4 is 10.9 Å². The summed E-state index contributed by atoms with van der Waals surface area (Å²) in [7, 11) is -3.63. The van der Waals surface area contributed by atoms with E-state index in [-0.39, 0.29) is 28.6 Å². The van der Waals surface area contributed by atoms with Gasteiger partial charge in [0.05, 0.1) is 10.5 Å². The highest BCUT2D eigenvalue weighted by atomic mass is 32.2. The van der Waals surface area contributed by atoms with Gasteiger partial charge in [-0.1, -0.05) is 13.8 Å². The number of carbonyl (C=O) groups excluding carboxylic acids is 2. The SMILES string of the molecule is CCN(CC)S(=O)(=O)c1ccc(C(=O)OCc2cc(=O)oc3cc(NC(C)=O)ccc23)cc1. The Morgan fingerprint density at radius 2 is 1.70 bits per heavy atom. The summed E-state index contributed by atoms with van der Waals surface area (Å²) < 4.78 is 37.0. The maximum atomic E-state index is 12.6. The molecule has 0 aliphatic carbocycles. The molecule has 0 radical (unpaired) electrons. The number of benzene rings is 2. The minimum absolute atomic E-state index is 0.0874. The molecule has 0 atom stereocenters. The van der Waals surface area contributed by atoms with Crippen molar-refractivity contribution in [1.82, 2.24) is 4.31 Å². The molecule has 0 bridgehead atoms. The number of fused-ring (bicyclic) bond motifs is 1. The van der Waals surface area contributed by atoms with Crippen LogP contribution in [-0.4, -0.2) is 37.7 Å². The molecule has 0 spiro atoms. The molecule has 174 valence electrons. The zero-order valence-corrected chi connectivity index (χ0v) is 19.3. The highest BCUT2D eigenvalue weighted by Gasteiger charge is 2.22. The Morgan fingerprint density at radius 1 is 1.03 bits per heavy atom. The van der Waals surface area contributed by atoms with Gasteiger partial charge in [-0.2, -0.15) is 4.31 Å². The molecule has 0 saturated heterocycles. The normalized spacial score (nSPS) is 11.5. The van der Waals surface area contributed by atoms with Crippen molar-refractivity contribution in [2.75, 3.05) is 18.4 Å². The Bertz CT molecular complexity index is 1340. The van der Waals surface area contributed by atoms with Gasteiger partial charge >= 0.3 is 11.6 Å². The van der Waals surface area contributed by atoms with E-state index in [0.717, 1.165) is 0 Å². The van der Waals surface area contributed by atoms with Gasteiger partial charge in [0.25, 0.3) is 0 Å². The Hall–Kier alpha value is -3.50. The van der Waals surface area contributed by atoms with Gasteiger partial charge in [-0.3, -0.25) is 4.79 Å². The van der Waals surface area contributed by atoms with Crippen LogP contribution in [0.4, 0.5) is 5.69 Å². The molecule has 1 N–H and O–H groups in total. The molecule has 0 fully saturated rings. The number of hydrogen-bond donors (Lipinski definition) is 1. The lowest BCUT2D eigenvalue weighted by molar-refractivity contribution is -0.114. The molecule has 1 aromatic heterocycles. The molecule has 33 heavy (non-hydrogen) atoms. The molecule has 2 aromatic carbocycles. The van der Waals surface area contributed by atoms with E-state index in [1.165, 1.54) is 47.6 Å². The minimum Gasteiger partial charge on any atom is -0.457 e. The zero-order valence-electron chi connectivity index (χ0n) is 18.5. The van der Waals surface area contributed by atoms with Crippen molar-refractivity contribution in [2.24, 2.45) is 0 Å². The zero-order chi connectivity index (χ0) is 24.2. The Labute approximate surface area is 191 Å². The van der Waals surface area contributed by atoms with Crippen molar-refractivity contribution in [3.8, 4) is 0 Å². The largest absolute Gasteiger partial charge is 0.457 e. The van der Waals surface area contributed by atoms with Crippen LogP contribution >= 0.6 is 0 Å². The number of amides is 1. The van der Waals surface area contributed by atoms with E-state index < -0.39 is 21.6 Å². The molecule has 3 aromatic rings. The number of rotatable bonds is 8. The Balaban J connectivity index is 1.78. The van der Waals surface area contributed by atoms with Gasteiger partial charge in [0.15, 0.2) is 0 Å². The smallest absolute Gasteiger partial charge is 0.338 e. The summed E-state index contributed by atoms with van der Waals surface area (Å²) in [6.07, 6.45) is 0. The predicted octanol–water partition coefficient (Wildman–Crippen LogP) is 3.14. The maximum Gasteiger partial charge on any atom is 0.338 e. The predicted molar refractivity (Wildman–Crippen MR) is 122 cm³/mol. The molecule has 0 unspecified atom stereocenters. The van der Waals surface area contributed by atoms with Gasteiger partial charge in [0, 0.05) is 48.8 Å². The lowest BCUT2D eigenvalue weighted by Gasteiger charge is -2.18. The Morgan fingerprint density at radius 3 is 2.30 bits per heavy atom. The van der Waals surface area contributed by atoms with E-state index in [9.17, 15) is 22.8 Å². The average Bonchev–Trinajstić information content (AvgIpc) is 2.77. The molecule has 1 amide bonds. The van der Waals surface area contributed by atoms with Gasteiger partial charge in [-0.15, -0.1) is 0 Å². The monoisotopic (exact) mass is 472 g/mol. The summed E-state index contributed by atoms with van der Waals surface area (Å²) >= 11 is 0. The Kier molecular flexibility index (Phi) is 7.29. The van der Waals surface area contributed by atoms with E-state index in [4.69, 9.17) is 9.15 Å². The summed E-state index contributed by atoms with van der Waals surface area (Å²) in [4.78, 5) is 35.7. The quantitative estimate of drug-likeness (QED) is 0.395. The van der Waals surface area contributed by atoms with Crippen molar-refractivity contribution in [3.05, 3.63) is 70.1 Å². The van der Waals surface area contributed by atoms with Gasteiger partial charge in [-0.25, -0.2) is 18.0 Å². The molecule has 0 aliphatic heterocycles. The molecule has 3 rings (SSSR count). The number of nitrogens with zero attached hydrogens (tertiary/aromatic N) is 1. The lowest BCUT2D eigenvalue weighted by Crippen LogP contribution is -2.30. The second-order valence-electron chi connectivity index (χ2n) is 7.17. The van der Waals surface area contributed by atoms with Crippen LogP contribution in [0.1, 0.15) is 36.7 Å². The second-order valence-corrected chi connectivity index (χ2v) is 9.11. The van der Waals surface area contributed by atoms with Crippen molar-refractivity contribution >= 4 is 38.6 Å². The van der Waals surface area contributed by atoms with Crippen LogP contribution in [0, 0.1) is 0 Å². The summed E-state index contributed by atoms with van der Waals surface area (Å²) in [5, 5.41) is 3.16. The highest BCUT2D eigenvalue weighted by Crippen LogP contribution is 2.23. The first-order valence-corrected chi connectivity index (χ1v) is 11.7. The molecule has 1 heterocycles. The molecule has 0 saturated carbocycles. The summed E-state index contributed by atoms with van der Waals surface area (Å²) in [5.74, 6) is -0.934. The number of esters is 1. The topological polar surface area (TPSA) is 123 Å². The third kappa shape index (κ3) is 5.47. The van der Waals surface area contributed by atoms with Crippen molar-refractivity contribution in [1.29, 1.82) is 0 Å². The third-order valence-corrected chi connectivity index (χ3v) is 7.01. The van der Waals surface area contributed by atoms with E-state index in [1.807, 2.05) is 0 Å². The summed E-state index contributed by atoms with van der Waals surface area (Å²) in [6.45, 7) is 5.35. The fourth-order valence-electron chi connectivity index (χ4n) is 3.33. The van der Waals surface area contributed by atoms with E-state index in [2.05, 4.69) is 5.32 Å². The summed E-state index contributed by atoms with van der Waals surface area (Å²) in [6, 6.07) is 11.5. The molecule has 9 nitrogen and oxygen atoms in total. The highest BCUT2D eigenvalue weighted by molar-refractivity contribution is 7.89. The van der Waals surface area contributed by atoms with Crippen molar-refractivity contribution in [2.45, 2.75) is 32.3 Å². The van der Waals surface area contributed by atoms with Gasteiger partial charge < -0.3 is 14.5 Å². The first-order valence-electron chi connectivity index (χ1n) is 10.3. The van der Waals surface area contributed by atoms with E-state index in [1.54, 1.807) is 26.0 Å². The van der Waals surface area contributed by atoms with Crippen molar-refractivity contribution < 1.29 is 27.2 Å². The fourth-order valence-corrected chi connectivity index (χ4v) is 4.79. The standard InChI is InChI=1S/C23H24N2O7S/c1-4-25(5-2)33(29,30)19-9-6-16(7-10-19)23(28)31-14-17-12-22(27)32-21-13-18(24-15(3)26)8-11-20(17)21/h6-13H,4-5,14H2,1-3H3,(H,24,26). The first kappa shape index (κ1) is 24.1. The van der Waals surface area contributed by atoms with E-state index in [0.29, 0.717) is 29.7 Å². The lowest BCUT2D eigenvalue weighted by atomic mass is 10.1. The van der Waals surface area contributed by atoms with Gasteiger partial charge in [0.1, 0.15) is 12.2 Å². The molecular weight excluding hydrogens is 448 g/mol. The fraction of sp³-hybridized carbons (Fsp3) is 0.261. The number of nitrogens with one attached hydrogen (secondary N) is 1. The number of ether oxygens (including phenoxy) is 1. The number of anilines is 1. The number of hydrogen-bond acceptors (Lipinski definition) is 7. The van der Waals surface area contributed by atoms with Crippen LogP contribution in [0.3, 0.4) is 0 Å². The number of carbonyl (C=O) groups is 2. The second kappa shape index (κ2) is 9.97. The van der Waals surface area contributed by atoms with E-state index >= 15 is 0 Å². The van der Waals surface area contributed by atoms with Crippen LogP contribution in [0.25, 0.3) is 11.0 Å². The van der Waals surface area contributed by atoms with Crippen LogP contribution in [-0.2, 0) is 26.2 Å². The maximum absolute atomic E-state index is 12.6. The molecule has 0 aliphatic rings. The molecular formula is C23H24N2O7S.